The van der Waals surface area contributed by atoms with Crippen molar-refractivity contribution in [3.05, 3.63) is 76.7 Å². The third-order valence-corrected chi connectivity index (χ3v) is 7.67. The monoisotopic (exact) mass is 547 g/mol. The maximum Gasteiger partial charge on any atom is 0.148 e. The SMILES string of the molecule is BC(Nc1cc(C#N)c2ncc(C#N)c(NCC(C)(C)C)c2c1)(C1=CN(C2(CF)CC2)NN1)c1cccc(C#N)c1. The second-order valence-corrected chi connectivity index (χ2v) is 12.1. The number of benzene rings is 2. The van der Waals surface area contributed by atoms with Crippen LogP contribution in [0.3, 0.4) is 0 Å². The van der Waals surface area contributed by atoms with Gasteiger partial charge in [0.15, 0.2) is 0 Å². The van der Waals surface area contributed by atoms with Crippen LogP contribution in [0.1, 0.15) is 55.9 Å². The van der Waals surface area contributed by atoms with E-state index in [9.17, 15) is 20.2 Å². The maximum absolute atomic E-state index is 13.9. The molecule has 0 amide bonds. The van der Waals surface area contributed by atoms with Gasteiger partial charge in [0.1, 0.15) is 26.7 Å². The van der Waals surface area contributed by atoms with E-state index in [2.05, 4.69) is 65.6 Å². The van der Waals surface area contributed by atoms with Crippen LogP contribution in [0.2, 0.25) is 0 Å². The molecule has 0 bridgehead atoms. The van der Waals surface area contributed by atoms with Crippen LogP contribution in [-0.2, 0) is 5.44 Å². The van der Waals surface area contributed by atoms with Gasteiger partial charge < -0.3 is 16.1 Å². The normalized spacial score (nSPS) is 16.9. The van der Waals surface area contributed by atoms with Crippen LogP contribution >= 0.6 is 0 Å². The number of hydrogen-bond donors (Lipinski definition) is 4. The van der Waals surface area contributed by atoms with Gasteiger partial charge in [0.2, 0.25) is 0 Å². The Labute approximate surface area is 240 Å². The van der Waals surface area contributed by atoms with Gasteiger partial charge in [-0.1, -0.05) is 32.9 Å². The first-order valence-corrected chi connectivity index (χ1v) is 13.4. The molecule has 2 heterocycles. The smallest absolute Gasteiger partial charge is 0.148 e. The number of nitrogens with one attached hydrogen (secondary N) is 4. The number of hydrogen-bond acceptors (Lipinski definition) is 9. The second kappa shape index (κ2) is 10.3. The Kier molecular flexibility index (Phi) is 6.99. The molecule has 3 aromatic rings. The van der Waals surface area contributed by atoms with E-state index in [1.165, 1.54) is 6.20 Å². The lowest BCUT2D eigenvalue weighted by Gasteiger charge is -2.34. The third kappa shape index (κ3) is 5.23. The summed E-state index contributed by atoms with van der Waals surface area (Å²) in [5.74, 6) is 0. The van der Waals surface area contributed by atoms with Crippen LogP contribution in [0.5, 0.6) is 0 Å². The number of nitrogens with zero attached hydrogens (tertiary/aromatic N) is 5. The Morgan fingerprint density at radius 1 is 1.10 bits per heavy atom. The molecule has 1 fully saturated rings. The largest absolute Gasteiger partial charge is 0.383 e. The number of pyridine rings is 1. The molecule has 1 aliphatic carbocycles. The van der Waals surface area contributed by atoms with Gasteiger partial charge in [0, 0.05) is 30.0 Å². The number of anilines is 2. The third-order valence-electron chi connectivity index (χ3n) is 7.67. The first-order valence-electron chi connectivity index (χ1n) is 13.4. The van der Waals surface area contributed by atoms with Crippen molar-refractivity contribution in [2.75, 3.05) is 23.9 Å². The molecule has 206 valence electrons. The van der Waals surface area contributed by atoms with Gasteiger partial charge in [-0.3, -0.25) is 9.99 Å². The Morgan fingerprint density at radius 2 is 1.85 bits per heavy atom. The van der Waals surface area contributed by atoms with Crippen molar-refractivity contribution in [2.24, 2.45) is 5.41 Å². The maximum atomic E-state index is 13.9. The molecule has 9 nitrogen and oxygen atoms in total. The zero-order valence-electron chi connectivity index (χ0n) is 23.6. The first-order chi connectivity index (χ1) is 19.6. The van der Waals surface area contributed by atoms with E-state index in [1.807, 2.05) is 32.2 Å². The molecule has 0 spiro atoms. The van der Waals surface area contributed by atoms with Crippen LogP contribution in [0, 0.1) is 39.4 Å². The molecule has 1 aliphatic heterocycles. The highest BCUT2D eigenvalue weighted by Gasteiger charge is 2.50. The van der Waals surface area contributed by atoms with Crippen molar-refractivity contribution < 1.29 is 4.39 Å². The summed E-state index contributed by atoms with van der Waals surface area (Å²) in [5.41, 5.74) is 9.19. The summed E-state index contributed by atoms with van der Waals surface area (Å²) in [6.45, 7) is 6.41. The highest BCUT2D eigenvalue weighted by atomic mass is 19.1. The topological polar surface area (TPSA) is 136 Å². The summed E-state index contributed by atoms with van der Waals surface area (Å²) in [7, 11) is 1.96. The lowest BCUT2D eigenvalue weighted by atomic mass is 9.69. The van der Waals surface area contributed by atoms with Crippen LogP contribution in [0.25, 0.3) is 10.9 Å². The molecule has 1 unspecified atom stereocenters. The number of nitriles is 3. The van der Waals surface area contributed by atoms with Crippen molar-refractivity contribution in [3.8, 4) is 18.2 Å². The number of aromatic nitrogens is 1. The van der Waals surface area contributed by atoms with Gasteiger partial charge in [-0.25, -0.2) is 4.39 Å². The van der Waals surface area contributed by atoms with Gasteiger partial charge in [0.05, 0.1) is 50.6 Å². The van der Waals surface area contributed by atoms with Gasteiger partial charge in [-0.05, 0) is 48.1 Å². The van der Waals surface area contributed by atoms with E-state index in [-0.39, 0.29) is 5.41 Å². The summed E-state index contributed by atoms with van der Waals surface area (Å²) >= 11 is 0. The Bertz CT molecular complexity index is 1670. The van der Waals surface area contributed by atoms with Crippen LogP contribution < -0.4 is 21.6 Å². The number of halogens is 1. The van der Waals surface area contributed by atoms with E-state index in [0.29, 0.717) is 51.2 Å². The molecule has 2 aromatic carbocycles. The average molecular weight is 547 g/mol. The lowest BCUT2D eigenvalue weighted by Crippen LogP contribution is -2.48. The minimum Gasteiger partial charge on any atom is -0.383 e. The summed E-state index contributed by atoms with van der Waals surface area (Å²) in [5, 5.41) is 39.0. The van der Waals surface area contributed by atoms with Crippen molar-refractivity contribution >= 4 is 30.1 Å². The van der Waals surface area contributed by atoms with Crippen molar-refractivity contribution in [2.45, 2.75) is 44.6 Å². The van der Waals surface area contributed by atoms with Gasteiger partial charge in [-0.15, -0.1) is 5.53 Å². The summed E-state index contributed by atoms with van der Waals surface area (Å²) in [4.78, 5) is 4.45. The molecule has 1 atom stereocenters. The Balaban J connectivity index is 1.65. The molecular formula is C30H31BFN9. The molecular weight excluding hydrogens is 516 g/mol. The molecule has 5 rings (SSSR count). The van der Waals surface area contributed by atoms with E-state index < -0.39 is 17.7 Å². The standard InChI is InChI=1S/C30H31BFN9/c1-28(2,3)18-37-27-21(14-35)15-36-26-20(13-34)10-23(11-24(26)27)38-30(31,22-6-4-5-19(9-22)12-33)25-16-41(40-39-25)29(17-32)7-8-29/h4-6,9-11,15-16,38-40H,7-8,17-18,31H2,1-3H3,(H,36,37). The minimum absolute atomic E-state index is 0.0570. The first kappa shape index (κ1) is 27.8. The number of alkyl halides is 1. The van der Waals surface area contributed by atoms with Crippen LogP contribution in [-0.4, -0.2) is 36.6 Å². The molecule has 1 saturated carbocycles. The van der Waals surface area contributed by atoms with Crippen LogP contribution in [0.4, 0.5) is 15.8 Å². The fourth-order valence-electron chi connectivity index (χ4n) is 4.98. The summed E-state index contributed by atoms with van der Waals surface area (Å²) in [6, 6.07) is 17.6. The van der Waals surface area contributed by atoms with Crippen LogP contribution in [0.15, 0.2) is 54.5 Å². The second-order valence-electron chi connectivity index (χ2n) is 12.1. The number of fused-ring (bicyclic) bond motifs is 1. The molecule has 11 heteroatoms. The molecule has 2 aliphatic rings. The van der Waals surface area contributed by atoms with Gasteiger partial charge >= 0.3 is 0 Å². The molecule has 0 saturated heterocycles. The molecule has 1 aromatic heterocycles. The Hall–Kier alpha value is -4.79. The minimum atomic E-state index is -0.930. The highest BCUT2D eigenvalue weighted by molar-refractivity contribution is 6.19. The van der Waals surface area contributed by atoms with E-state index in [4.69, 9.17) is 0 Å². The fourth-order valence-corrected chi connectivity index (χ4v) is 4.98. The van der Waals surface area contributed by atoms with E-state index in [0.717, 1.165) is 18.4 Å². The Morgan fingerprint density at radius 3 is 2.49 bits per heavy atom. The lowest BCUT2D eigenvalue weighted by molar-refractivity contribution is 0.146. The molecule has 4 N–H and O–H groups in total. The summed E-state index contributed by atoms with van der Waals surface area (Å²) < 4.78 is 13.9. The molecule has 0 radical (unpaired) electrons. The zero-order chi connectivity index (χ0) is 29.4. The predicted molar refractivity (Wildman–Crippen MR) is 158 cm³/mol. The summed E-state index contributed by atoms with van der Waals surface area (Å²) in [6.07, 6.45) is 4.83. The average Bonchev–Trinajstić information content (AvgIpc) is 3.60. The van der Waals surface area contributed by atoms with E-state index in [1.54, 1.807) is 23.2 Å². The highest BCUT2D eigenvalue weighted by Crippen LogP contribution is 2.44. The van der Waals surface area contributed by atoms with Crippen molar-refractivity contribution in [1.82, 2.24) is 21.0 Å². The fraction of sp³-hybridized carbons (Fsp3) is 0.333. The van der Waals surface area contributed by atoms with Crippen molar-refractivity contribution in [3.63, 3.8) is 0 Å². The van der Waals surface area contributed by atoms with E-state index >= 15 is 0 Å². The quantitative estimate of drug-likeness (QED) is 0.310. The number of hydrazine groups is 2. The zero-order valence-corrected chi connectivity index (χ0v) is 23.6. The van der Waals surface area contributed by atoms with Gasteiger partial charge in [-0.2, -0.15) is 15.8 Å². The van der Waals surface area contributed by atoms with Crippen molar-refractivity contribution in [1.29, 1.82) is 15.8 Å². The number of rotatable bonds is 8. The predicted octanol–water partition coefficient (Wildman–Crippen LogP) is 3.87. The van der Waals surface area contributed by atoms with Gasteiger partial charge in [0.25, 0.3) is 0 Å². The molecule has 41 heavy (non-hydrogen) atoms.